The average Bonchev–Trinajstić information content (AvgIpc) is 2.28. The second kappa shape index (κ2) is 5.15. The van der Waals surface area contributed by atoms with E-state index in [1.807, 2.05) is 48.5 Å². The third-order valence-electron chi connectivity index (χ3n) is 2.05. The fraction of sp³-hybridized carbons (Fsp3) is 0. The number of hydrogen-bond donors (Lipinski definition) is 0. The van der Waals surface area contributed by atoms with Crippen LogP contribution in [-0.4, -0.2) is 6.21 Å². The van der Waals surface area contributed by atoms with Crippen LogP contribution in [0, 0.1) is 0 Å². The molecule has 0 saturated heterocycles. The lowest BCUT2D eigenvalue weighted by Crippen LogP contribution is -1.79. The van der Waals surface area contributed by atoms with Crippen LogP contribution < -0.4 is 0 Å². The number of para-hydroxylation sites is 1. The fourth-order valence-electron chi connectivity index (χ4n) is 1.29. The molecule has 0 aliphatic heterocycles. The Balaban J connectivity index is 2.25. The lowest BCUT2D eigenvalue weighted by Gasteiger charge is -1.97. The Morgan fingerprint density at radius 3 is 2.50 bits per heavy atom. The topological polar surface area (TPSA) is 12.4 Å². The van der Waals surface area contributed by atoms with Crippen molar-refractivity contribution in [3.05, 3.63) is 64.1 Å². The zero-order valence-corrected chi connectivity index (χ0v) is 9.91. The van der Waals surface area contributed by atoms with Gasteiger partial charge < -0.3 is 0 Å². The Labute approximate surface area is 104 Å². The van der Waals surface area contributed by atoms with Crippen LogP contribution in [0.2, 0.25) is 10.0 Å². The van der Waals surface area contributed by atoms with Crippen LogP contribution in [0.4, 0.5) is 5.69 Å². The van der Waals surface area contributed by atoms with Gasteiger partial charge in [-0.3, -0.25) is 4.99 Å². The van der Waals surface area contributed by atoms with E-state index >= 15 is 0 Å². The van der Waals surface area contributed by atoms with Gasteiger partial charge in [0.05, 0.1) is 10.7 Å². The summed E-state index contributed by atoms with van der Waals surface area (Å²) in [6.45, 7) is 0. The summed E-state index contributed by atoms with van der Waals surface area (Å²) in [5, 5.41) is 1.34. The molecule has 2 aromatic carbocycles. The van der Waals surface area contributed by atoms with Crippen LogP contribution in [-0.2, 0) is 0 Å². The molecule has 2 aromatic rings. The number of benzene rings is 2. The van der Waals surface area contributed by atoms with Gasteiger partial charge in [0.25, 0.3) is 0 Å². The summed E-state index contributed by atoms with van der Waals surface area (Å²) in [5.74, 6) is 0. The largest absolute Gasteiger partial charge is 0.255 e. The maximum absolute atomic E-state index is 5.98. The van der Waals surface area contributed by atoms with Crippen LogP contribution in [0.1, 0.15) is 5.56 Å². The van der Waals surface area contributed by atoms with Gasteiger partial charge in [0.2, 0.25) is 0 Å². The molecule has 16 heavy (non-hydrogen) atoms. The molecule has 0 fully saturated rings. The van der Waals surface area contributed by atoms with Crippen molar-refractivity contribution in [2.75, 3.05) is 0 Å². The van der Waals surface area contributed by atoms with Crippen molar-refractivity contribution in [1.29, 1.82) is 0 Å². The number of nitrogens with zero attached hydrogens (tertiary/aromatic N) is 1. The first-order chi connectivity index (χ1) is 7.75. The van der Waals surface area contributed by atoms with Crippen molar-refractivity contribution < 1.29 is 0 Å². The van der Waals surface area contributed by atoms with Gasteiger partial charge in [-0.1, -0.05) is 47.5 Å². The van der Waals surface area contributed by atoms with Crippen molar-refractivity contribution in [1.82, 2.24) is 0 Å². The predicted molar refractivity (Wildman–Crippen MR) is 70.2 cm³/mol. The molecule has 0 atom stereocenters. The summed E-state index contributed by atoms with van der Waals surface area (Å²) in [7, 11) is 0. The Bertz CT molecular complexity index is 521. The van der Waals surface area contributed by atoms with Gasteiger partial charge >= 0.3 is 0 Å². The van der Waals surface area contributed by atoms with E-state index in [4.69, 9.17) is 23.2 Å². The molecule has 0 N–H and O–H groups in total. The van der Waals surface area contributed by atoms with Gasteiger partial charge in [-0.25, -0.2) is 0 Å². The molecule has 80 valence electrons. The standard InChI is InChI=1S/C13H9Cl2N/c14-11-5-3-4-10(8-11)9-16-13-7-2-1-6-12(13)15/h1-9H/b16-9+. The van der Waals surface area contributed by atoms with Gasteiger partial charge in [0.15, 0.2) is 0 Å². The lowest BCUT2D eigenvalue weighted by molar-refractivity contribution is 1.52. The van der Waals surface area contributed by atoms with Crippen LogP contribution in [0.15, 0.2) is 53.5 Å². The normalized spacial score (nSPS) is 10.9. The van der Waals surface area contributed by atoms with E-state index in [1.54, 1.807) is 6.21 Å². The van der Waals surface area contributed by atoms with E-state index in [-0.39, 0.29) is 0 Å². The molecule has 0 aromatic heterocycles. The fourth-order valence-corrected chi connectivity index (χ4v) is 1.67. The lowest BCUT2D eigenvalue weighted by atomic mass is 10.2. The highest BCUT2D eigenvalue weighted by Crippen LogP contribution is 2.23. The molecular formula is C13H9Cl2N. The van der Waals surface area contributed by atoms with Crippen LogP contribution in [0.3, 0.4) is 0 Å². The molecule has 0 unspecified atom stereocenters. The highest BCUT2D eigenvalue weighted by molar-refractivity contribution is 6.33. The summed E-state index contributed by atoms with van der Waals surface area (Å²) >= 11 is 11.9. The molecule has 2 rings (SSSR count). The van der Waals surface area contributed by atoms with Gasteiger partial charge in [0, 0.05) is 11.2 Å². The highest BCUT2D eigenvalue weighted by Gasteiger charge is 1.95. The van der Waals surface area contributed by atoms with E-state index in [0.717, 1.165) is 11.3 Å². The molecule has 0 radical (unpaired) electrons. The maximum atomic E-state index is 5.98. The predicted octanol–water partition coefficient (Wildman–Crippen LogP) is 4.74. The second-order valence-corrected chi connectivity index (χ2v) is 4.11. The Kier molecular flexibility index (Phi) is 3.60. The second-order valence-electron chi connectivity index (χ2n) is 3.26. The summed E-state index contributed by atoms with van der Waals surface area (Å²) < 4.78 is 0. The van der Waals surface area contributed by atoms with E-state index in [9.17, 15) is 0 Å². The Morgan fingerprint density at radius 1 is 0.938 bits per heavy atom. The maximum Gasteiger partial charge on any atom is 0.0816 e. The first kappa shape index (κ1) is 11.2. The molecule has 0 bridgehead atoms. The van der Waals surface area contributed by atoms with Gasteiger partial charge in [-0.05, 0) is 29.8 Å². The van der Waals surface area contributed by atoms with Crippen LogP contribution in [0.25, 0.3) is 0 Å². The van der Waals surface area contributed by atoms with Crippen molar-refractivity contribution in [2.24, 2.45) is 4.99 Å². The number of rotatable bonds is 2. The van der Waals surface area contributed by atoms with Gasteiger partial charge in [0.1, 0.15) is 0 Å². The third kappa shape index (κ3) is 2.84. The first-order valence-electron chi connectivity index (χ1n) is 4.80. The van der Waals surface area contributed by atoms with Crippen LogP contribution >= 0.6 is 23.2 Å². The van der Waals surface area contributed by atoms with E-state index in [2.05, 4.69) is 4.99 Å². The third-order valence-corrected chi connectivity index (χ3v) is 2.61. The molecular weight excluding hydrogens is 241 g/mol. The molecule has 0 saturated carbocycles. The number of halogens is 2. The number of aliphatic imine (C=N–C) groups is 1. The van der Waals surface area contributed by atoms with Gasteiger partial charge in [-0.15, -0.1) is 0 Å². The molecule has 1 nitrogen and oxygen atoms in total. The smallest absolute Gasteiger partial charge is 0.0816 e. The Morgan fingerprint density at radius 2 is 1.75 bits per heavy atom. The molecule has 0 aliphatic carbocycles. The minimum absolute atomic E-state index is 0.640. The molecule has 0 amide bonds. The van der Waals surface area contributed by atoms with Crippen molar-refractivity contribution >= 4 is 35.1 Å². The monoisotopic (exact) mass is 249 g/mol. The average molecular weight is 250 g/mol. The van der Waals surface area contributed by atoms with Gasteiger partial charge in [-0.2, -0.15) is 0 Å². The molecule has 0 spiro atoms. The zero-order chi connectivity index (χ0) is 11.4. The first-order valence-corrected chi connectivity index (χ1v) is 5.55. The molecule has 3 heteroatoms. The summed E-state index contributed by atoms with van der Waals surface area (Å²) in [6.07, 6.45) is 1.74. The summed E-state index contributed by atoms with van der Waals surface area (Å²) in [6, 6.07) is 15.0. The number of hydrogen-bond acceptors (Lipinski definition) is 1. The highest BCUT2D eigenvalue weighted by atomic mass is 35.5. The van der Waals surface area contributed by atoms with E-state index < -0.39 is 0 Å². The summed E-state index contributed by atoms with van der Waals surface area (Å²) in [4.78, 5) is 4.30. The quantitative estimate of drug-likeness (QED) is 0.682. The van der Waals surface area contributed by atoms with Crippen molar-refractivity contribution in [2.45, 2.75) is 0 Å². The van der Waals surface area contributed by atoms with Crippen molar-refractivity contribution in [3.8, 4) is 0 Å². The van der Waals surface area contributed by atoms with E-state index in [0.29, 0.717) is 10.0 Å². The van der Waals surface area contributed by atoms with Crippen LogP contribution in [0.5, 0.6) is 0 Å². The Hall–Kier alpha value is -1.31. The minimum atomic E-state index is 0.640. The molecule has 0 heterocycles. The SMILES string of the molecule is Clc1cccc(/C=N/c2ccccc2Cl)c1. The molecule has 0 aliphatic rings. The van der Waals surface area contributed by atoms with E-state index in [1.165, 1.54) is 0 Å². The minimum Gasteiger partial charge on any atom is -0.255 e. The zero-order valence-electron chi connectivity index (χ0n) is 8.40. The summed E-state index contributed by atoms with van der Waals surface area (Å²) in [5.41, 5.74) is 1.71. The van der Waals surface area contributed by atoms with Crippen molar-refractivity contribution in [3.63, 3.8) is 0 Å².